The van der Waals surface area contributed by atoms with Gasteiger partial charge in [-0.15, -0.1) is 0 Å². The number of hydrogen-bond donors (Lipinski definition) is 2. The first-order valence-electron chi connectivity index (χ1n) is 6.39. The van der Waals surface area contributed by atoms with Gasteiger partial charge < -0.3 is 11.1 Å². The number of carbonyl (C=O) groups is 1. The van der Waals surface area contributed by atoms with Crippen LogP contribution in [0.3, 0.4) is 0 Å². The molecule has 18 heavy (non-hydrogen) atoms. The largest absolute Gasteiger partial charge is 0.336 e. The summed E-state index contributed by atoms with van der Waals surface area (Å²) in [5.74, 6) is 0. The van der Waals surface area contributed by atoms with Gasteiger partial charge in [-0.2, -0.15) is 0 Å². The normalized spacial score (nSPS) is 10.5. The molecular weight excluding hydrogens is 226 g/mol. The van der Waals surface area contributed by atoms with Gasteiger partial charge in [-0.3, -0.25) is 4.90 Å². The van der Waals surface area contributed by atoms with Crippen molar-refractivity contribution < 1.29 is 4.79 Å². The maximum absolute atomic E-state index is 12.1. The van der Waals surface area contributed by atoms with E-state index in [-0.39, 0.29) is 12.1 Å². The van der Waals surface area contributed by atoms with Crippen LogP contribution in [0.2, 0.25) is 0 Å². The van der Waals surface area contributed by atoms with Gasteiger partial charge in [0.1, 0.15) is 0 Å². The number of nitrogens with two attached hydrogens (primary N) is 1. The number of benzene rings is 1. The summed E-state index contributed by atoms with van der Waals surface area (Å²) in [6, 6.07) is 8.00. The quantitative estimate of drug-likeness (QED) is 0.841. The fraction of sp³-hybridized carbons (Fsp3) is 0.500. The molecule has 4 heteroatoms. The molecule has 0 aliphatic heterocycles. The first-order valence-corrected chi connectivity index (χ1v) is 6.39. The molecule has 0 heterocycles. The van der Waals surface area contributed by atoms with Gasteiger partial charge in [-0.05, 0) is 51.4 Å². The van der Waals surface area contributed by atoms with Crippen molar-refractivity contribution in [3.8, 4) is 0 Å². The number of urea groups is 1. The number of nitrogens with one attached hydrogen (secondary N) is 1. The molecule has 1 aromatic rings. The van der Waals surface area contributed by atoms with Crippen molar-refractivity contribution >= 4 is 11.7 Å². The van der Waals surface area contributed by atoms with Crippen molar-refractivity contribution in [1.82, 2.24) is 5.32 Å². The minimum absolute atomic E-state index is 0.0657. The van der Waals surface area contributed by atoms with Crippen molar-refractivity contribution in [3.63, 3.8) is 0 Å². The Hall–Kier alpha value is -1.55. The van der Waals surface area contributed by atoms with E-state index in [1.54, 1.807) is 4.90 Å². The van der Waals surface area contributed by atoms with Gasteiger partial charge in [0.2, 0.25) is 0 Å². The lowest BCUT2D eigenvalue weighted by Gasteiger charge is -2.24. The molecule has 0 saturated heterocycles. The topological polar surface area (TPSA) is 58.4 Å². The van der Waals surface area contributed by atoms with Crippen LogP contribution in [0.25, 0.3) is 0 Å². The van der Waals surface area contributed by atoms with Crippen LogP contribution < -0.4 is 16.0 Å². The second-order valence-electron chi connectivity index (χ2n) is 4.74. The van der Waals surface area contributed by atoms with Crippen LogP contribution in [0.15, 0.2) is 24.3 Å². The van der Waals surface area contributed by atoms with Crippen molar-refractivity contribution in [1.29, 1.82) is 0 Å². The third-order valence-electron chi connectivity index (χ3n) is 2.56. The monoisotopic (exact) mass is 249 g/mol. The van der Waals surface area contributed by atoms with Crippen LogP contribution in [-0.2, 0) is 0 Å². The summed E-state index contributed by atoms with van der Waals surface area (Å²) in [6.07, 6.45) is 0.791. The minimum Gasteiger partial charge on any atom is -0.336 e. The number of anilines is 1. The van der Waals surface area contributed by atoms with Crippen LogP contribution in [-0.4, -0.2) is 25.2 Å². The molecule has 0 aliphatic rings. The Bertz CT molecular complexity index is 390. The molecule has 0 bridgehead atoms. The Balaban J connectivity index is 2.86. The van der Waals surface area contributed by atoms with E-state index in [0.717, 1.165) is 17.7 Å². The SMILES string of the molecule is Cc1cccc(N(CCCN)C(=O)NC(C)C)c1. The molecule has 0 aromatic heterocycles. The third kappa shape index (κ3) is 4.37. The Morgan fingerprint density at radius 1 is 1.44 bits per heavy atom. The summed E-state index contributed by atoms with van der Waals surface area (Å²) in [5, 5.41) is 2.92. The molecular formula is C14H23N3O. The van der Waals surface area contributed by atoms with Crippen molar-refractivity contribution in [2.24, 2.45) is 5.73 Å². The average Bonchev–Trinajstić information content (AvgIpc) is 2.28. The van der Waals surface area contributed by atoms with Gasteiger partial charge in [0.15, 0.2) is 0 Å². The predicted octanol–water partition coefficient (Wildman–Crippen LogP) is 2.27. The number of rotatable bonds is 5. The first kappa shape index (κ1) is 14.5. The number of amides is 2. The highest BCUT2D eigenvalue weighted by Gasteiger charge is 2.15. The number of nitrogens with zero attached hydrogens (tertiary/aromatic N) is 1. The molecule has 0 saturated carbocycles. The van der Waals surface area contributed by atoms with Crippen molar-refractivity contribution in [2.45, 2.75) is 33.2 Å². The molecule has 0 spiro atoms. The highest BCUT2D eigenvalue weighted by Crippen LogP contribution is 2.16. The fourth-order valence-corrected chi connectivity index (χ4v) is 1.72. The maximum atomic E-state index is 12.1. The molecule has 1 rings (SSSR count). The number of hydrogen-bond acceptors (Lipinski definition) is 2. The molecule has 0 aliphatic carbocycles. The Morgan fingerprint density at radius 2 is 2.17 bits per heavy atom. The van der Waals surface area contributed by atoms with Gasteiger partial charge in [0.05, 0.1) is 0 Å². The number of aryl methyl sites for hydroxylation is 1. The Morgan fingerprint density at radius 3 is 2.72 bits per heavy atom. The van der Waals surface area contributed by atoms with Gasteiger partial charge in [0.25, 0.3) is 0 Å². The fourth-order valence-electron chi connectivity index (χ4n) is 1.72. The van der Waals surface area contributed by atoms with Crippen LogP contribution in [0.5, 0.6) is 0 Å². The molecule has 100 valence electrons. The van der Waals surface area contributed by atoms with E-state index >= 15 is 0 Å². The predicted molar refractivity (Wildman–Crippen MR) is 75.9 cm³/mol. The molecule has 0 unspecified atom stereocenters. The molecule has 0 atom stereocenters. The summed E-state index contributed by atoms with van der Waals surface area (Å²) in [7, 11) is 0. The van der Waals surface area contributed by atoms with E-state index in [2.05, 4.69) is 5.32 Å². The second-order valence-corrected chi connectivity index (χ2v) is 4.74. The molecule has 0 radical (unpaired) electrons. The van der Waals surface area contributed by atoms with E-state index < -0.39 is 0 Å². The summed E-state index contributed by atoms with van der Waals surface area (Å²) >= 11 is 0. The van der Waals surface area contributed by atoms with Crippen LogP contribution in [0.4, 0.5) is 10.5 Å². The molecule has 1 aromatic carbocycles. The summed E-state index contributed by atoms with van der Waals surface area (Å²) in [4.78, 5) is 13.9. The van der Waals surface area contributed by atoms with Crippen LogP contribution in [0, 0.1) is 6.92 Å². The van der Waals surface area contributed by atoms with Gasteiger partial charge in [-0.25, -0.2) is 4.79 Å². The maximum Gasteiger partial charge on any atom is 0.322 e. The lowest BCUT2D eigenvalue weighted by molar-refractivity contribution is 0.244. The highest BCUT2D eigenvalue weighted by atomic mass is 16.2. The first-order chi connectivity index (χ1) is 8.54. The van der Waals surface area contributed by atoms with Crippen molar-refractivity contribution in [3.05, 3.63) is 29.8 Å². The van der Waals surface area contributed by atoms with E-state index in [9.17, 15) is 4.79 Å². The van der Waals surface area contributed by atoms with E-state index in [1.807, 2.05) is 45.0 Å². The lowest BCUT2D eigenvalue weighted by atomic mass is 10.2. The van der Waals surface area contributed by atoms with Gasteiger partial charge in [0, 0.05) is 18.3 Å². The zero-order chi connectivity index (χ0) is 13.5. The Kier molecular flexibility index (Phi) is 5.65. The molecule has 2 amide bonds. The Labute approximate surface area is 109 Å². The average molecular weight is 249 g/mol. The highest BCUT2D eigenvalue weighted by molar-refractivity contribution is 5.92. The van der Waals surface area contributed by atoms with Gasteiger partial charge >= 0.3 is 6.03 Å². The molecule has 3 N–H and O–H groups in total. The van der Waals surface area contributed by atoms with Crippen LogP contribution >= 0.6 is 0 Å². The summed E-state index contributed by atoms with van der Waals surface area (Å²) in [5.41, 5.74) is 7.59. The molecule has 0 fully saturated rings. The standard InChI is InChI=1S/C14H23N3O/c1-11(2)16-14(18)17(9-5-8-15)13-7-4-6-12(3)10-13/h4,6-7,10-11H,5,8-9,15H2,1-3H3,(H,16,18). The summed E-state index contributed by atoms with van der Waals surface area (Å²) in [6.45, 7) is 7.14. The van der Waals surface area contributed by atoms with E-state index in [4.69, 9.17) is 5.73 Å². The smallest absolute Gasteiger partial charge is 0.322 e. The minimum atomic E-state index is -0.0657. The van der Waals surface area contributed by atoms with E-state index in [1.165, 1.54) is 0 Å². The van der Waals surface area contributed by atoms with Crippen LogP contribution in [0.1, 0.15) is 25.8 Å². The third-order valence-corrected chi connectivity index (χ3v) is 2.56. The lowest BCUT2D eigenvalue weighted by Crippen LogP contribution is -2.44. The summed E-state index contributed by atoms with van der Waals surface area (Å²) < 4.78 is 0. The zero-order valence-corrected chi connectivity index (χ0v) is 11.4. The van der Waals surface area contributed by atoms with Gasteiger partial charge in [-0.1, -0.05) is 12.1 Å². The molecule has 4 nitrogen and oxygen atoms in total. The zero-order valence-electron chi connectivity index (χ0n) is 11.4. The van der Waals surface area contributed by atoms with E-state index in [0.29, 0.717) is 13.1 Å². The van der Waals surface area contributed by atoms with Crippen molar-refractivity contribution in [2.75, 3.05) is 18.0 Å². The number of carbonyl (C=O) groups excluding carboxylic acids is 1. The second kappa shape index (κ2) is 7.01.